The molecule has 0 atom stereocenters. The van der Waals surface area contributed by atoms with Crippen molar-refractivity contribution < 1.29 is 23.1 Å². The van der Waals surface area contributed by atoms with Crippen LogP contribution in [0.2, 0.25) is 0 Å². The Morgan fingerprint density at radius 2 is 1.58 bits per heavy atom. The van der Waals surface area contributed by atoms with Crippen molar-refractivity contribution in [2.45, 2.75) is 63.1 Å². The highest BCUT2D eigenvalue weighted by Crippen LogP contribution is 2.51. The Hall–Kier alpha value is -0.780. The Morgan fingerprint density at radius 3 is 2.00 bits per heavy atom. The molecule has 0 aromatic heterocycles. The van der Waals surface area contributed by atoms with Gasteiger partial charge in [-0.1, -0.05) is 12.8 Å². The fraction of sp³-hybridized carbons (Fsp3) is 0.923. The van der Waals surface area contributed by atoms with Crippen molar-refractivity contribution in [3.63, 3.8) is 0 Å². The molecule has 2 aliphatic rings. The fourth-order valence-corrected chi connectivity index (χ4v) is 3.57. The molecule has 0 unspecified atom stereocenters. The Labute approximate surface area is 110 Å². The molecule has 0 aromatic rings. The predicted octanol–water partition coefficient (Wildman–Crippen LogP) is 3.10. The lowest BCUT2D eigenvalue weighted by atomic mass is 9.66. The van der Waals surface area contributed by atoms with Crippen LogP contribution in [-0.2, 0) is 4.79 Å². The van der Waals surface area contributed by atoms with Gasteiger partial charge in [-0.15, -0.1) is 0 Å². The average Bonchev–Trinajstić information content (AvgIpc) is 2.76. The second kappa shape index (κ2) is 4.96. The summed E-state index contributed by atoms with van der Waals surface area (Å²) in [6.45, 7) is -1.23. The summed E-state index contributed by atoms with van der Waals surface area (Å²) in [5, 5.41) is 11.5. The van der Waals surface area contributed by atoms with Crippen molar-refractivity contribution in [3.8, 4) is 0 Å². The first kappa shape index (κ1) is 14.6. The summed E-state index contributed by atoms with van der Waals surface area (Å²) in [5.74, 6) is -1.15. The first-order chi connectivity index (χ1) is 8.77. The largest absolute Gasteiger partial charge is 0.480 e. The lowest BCUT2D eigenvalue weighted by Crippen LogP contribution is -2.57. The van der Waals surface area contributed by atoms with Crippen molar-refractivity contribution in [3.05, 3.63) is 0 Å². The van der Waals surface area contributed by atoms with Crippen LogP contribution in [0, 0.1) is 5.41 Å². The number of alkyl halides is 3. The molecule has 0 bridgehead atoms. The van der Waals surface area contributed by atoms with Crippen LogP contribution >= 0.6 is 0 Å². The maximum absolute atomic E-state index is 12.3. The SMILES string of the molecule is O=C(O)C1(NCC(F)(F)F)CCC2(CCCC2)CC1. The second-order valence-electron chi connectivity index (χ2n) is 6.06. The summed E-state index contributed by atoms with van der Waals surface area (Å²) in [5.41, 5.74) is -1.18. The molecule has 0 saturated heterocycles. The standard InChI is InChI=1S/C13H20F3NO2/c14-13(15,16)9-17-12(10(18)19)7-5-11(6-8-12)3-1-2-4-11/h17H,1-9H2,(H,18,19). The van der Waals surface area contributed by atoms with Gasteiger partial charge in [-0.25, -0.2) is 0 Å². The summed E-state index contributed by atoms with van der Waals surface area (Å²) in [4.78, 5) is 11.4. The molecule has 0 radical (unpaired) electrons. The zero-order chi connectivity index (χ0) is 14.1. The Kier molecular flexibility index (Phi) is 3.82. The minimum Gasteiger partial charge on any atom is -0.480 e. The number of hydrogen-bond acceptors (Lipinski definition) is 2. The van der Waals surface area contributed by atoms with Crippen LogP contribution in [0.5, 0.6) is 0 Å². The molecule has 6 heteroatoms. The van der Waals surface area contributed by atoms with Gasteiger partial charge in [0.25, 0.3) is 0 Å². The number of carbonyl (C=O) groups is 1. The molecule has 0 aliphatic heterocycles. The van der Waals surface area contributed by atoms with Gasteiger partial charge in [-0.3, -0.25) is 10.1 Å². The van der Waals surface area contributed by atoms with Crippen molar-refractivity contribution >= 4 is 5.97 Å². The number of nitrogens with one attached hydrogen (secondary N) is 1. The van der Waals surface area contributed by atoms with Gasteiger partial charge in [-0.2, -0.15) is 13.2 Å². The maximum Gasteiger partial charge on any atom is 0.401 e. The molecule has 110 valence electrons. The molecule has 2 fully saturated rings. The molecule has 0 amide bonds. The van der Waals surface area contributed by atoms with E-state index in [1.54, 1.807) is 0 Å². The lowest BCUT2D eigenvalue weighted by Gasteiger charge is -2.43. The van der Waals surface area contributed by atoms with Crippen LogP contribution in [0.3, 0.4) is 0 Å². The van der Waals surface area contributed by atoms with E-state index in [0.29, 0.717) is 12.8 Å². The van der Waals surface area contributed by atoms with Crippen molar-refractivity contribution in [1.29, 1.82) is 0 Å². The van der Waals surface area contributed by atoms with Gasteiger partial charge in [0.2, 0.25) is 0 Å². The maximum atomic E-state index is 12.3. The molecule has 2 N–H and O–H groups in total. The third-order valence-electron chi connectivity index (χ3n) is 4.87. The zero-order valence-electron chi connectivity index (χ0n) is 10.9. The molecule has 1 spiro atoms. The Bertz CT molecular complexity index is 338. The molecule has 2 rings (SSSR count). The molecular weight excluding hydrogens is 259 g/mol. The lowest BCUT2D eigenvalue weighted by molar-refractivity contribution is -0.153. The second-order valence-corrected chi connectivity index (χ2v) is 6.06. The molecule has 3 nitrogen and oxygen atoms in total. The first-order valence-corrected chi connectivity index (χ1v) is 6.82. The number of rotatable bonds is 3. The van der Waals surface area contributed by atoms with E-state index in [-0.39, 0.29) is 5.41 Å². The number of carboxylic acid groups (broad SMARTS) is 1. The van der Waals surface area contributed by atoms with Crippen LogP contribution in [0.15, 0.2) is 0 Å². The number of halogens is 3. The van der Waals surface area contributed by atoms with E-state index in [9.17, 15) is 23.1 Å². The van der Waals surface area contributed by atoms with Crippen LogP contribution in [0.1, 0.15) is 51.4 Å². The van der Waals surface area contributed by atoms with Crippen LogP contribution < -0.4 is 5.32 Å². The summed E-state index contributed by atoms with van der Waals surface area (Å²) < 4.78 is 36.8. The van der Waals surface area contributed by atoms with E-state index >= 15 is 0 Å². The summed E-state index contributed by atoms with van der Waals surface area (Å²) in [6, 6.07) is 0. The molecule has 2 aliphatic carbocycles. The van der Waals surface area contributed by atoms with Crippen LogP contribution in [0.4, 0.5) is 13.2 Å². The Morgan fingerprint density at radius 1 is 1.05 bits per heavy atom. The van der Waals surface area contributed by atoms with Crippen molar-refractivity contribution in [2.24, 2.45) is 5.41 Å². The third kappa shape index (κ3) is 3.22. The van der Waals surface area contributed by atoms with Gasteiger partial charge in [0.15, 0.2) is 0 Å². The quantitative estimate of drug-likeness (QED) is 0.834. The van der Waals surface area contributed by atoms with E-state index in [1.165, 1.54) is 0 Å². The predicted molar refractivity (Wildman–Crippen MR) is 63.8 cm³/mol. The van der Waals surface area contributed by atoms with E-state index in [4.69, 9.17) is 0 Å². The van der Waals surface area contributed by atoms with Gasteiger partial charge in [0.1, 0.15) is 5.54 Å². The third-order valence-corrected chi connectivity index (χ3v) is 4.87. The van der Waals surface area contributed by atoms with Gasteiger partial charge in [-0.05, 0) is 43.9 Å². The van der Waals surface area contributed by atoms with E-state index in [2.05, 4.69) is 5.32 Å². The minimum absolute atomic E-state index is 0.207. The van der Waals surface area contributed by atoms with Crippen LogP contribution in [0.25, 0.3) is 0 Å². The molecule has 2 saturated carbocycles. The topological polar surface area (TPSA) is 49.3 Å². The monoisotopic (exact) mass is 279 g/mol. The average molecular weight is 279 g/mol. The summed E-state index contributed by atoms with van der Waals surface area (Å²) in [6.07, 6.45) is 2.21. The van der Waals surface area contributed by atoms with Crippen LogP contribution in [-0.4, -0.2) is 29.3 Å². The number of hydrogen-bond donors (Lipinski definition) is 2. The van der Waals surface area contributed by atoms with E-state index in [0.717, 1.165) is 38.5 Å². The molecule has 0 aromatic carbocycles. The molecule has 0 heterocycles. The van der Waals surface area contributed by atoms with Gasteiger partial charge >= 0.3 is 12.1 Å². The highest BCUT2D eigenvalue weighted by Gasteiger charge is 2.49. The smallest absolute Gasteiger partial charge is 0.401 e. The number of aliphatic carboxylic acids is 1. The summed E-state index contributed by atoms with van der Waals surface area (Å²) >= 11 is 0. The normalized spacial score (nSPS) is 25.6. The van der Waals surface area contributed by atoms with Crippen molar-refractivity contribution in [2.75, 3.05) is 6.54 Å². The van der Waals surface area contributed by atoms with Gasteiger partial charge in [0.05, 0.1) is 6.54 Å². The van der Waals surface area contributed by atoms with Crippen molar-refractivity contribution in [1.82, 2.24) is 5.32 Å². The van der Waals surface area contributed by atoms with Gasteiger partial charge < -0.3 is 5.11 Å². The van der Waals surface area contributed by atoms with E-state index in [1.807, 2.05) is 0 Å². The summed E-state index contributed by atoms with van der Waals surface area (Å²) in [7, 11) is 0. The highest BCUT2D eigenvalue weighted by atomic mass is 19.4. The fourth-order valence-electron chi connectivity index (χ4n) is 3.57. The minimum atomic E-state index is -4.37. The number of carboxylic acids is 1. The van der Waals surface area contributed by atoms with Gasteiger partial charge in [0, 0.05) is 0 Å². The highest BCUT2D eigenvalue weighted by molar-refractivity contribution is 5.79. The van der Waals surface area contributed by atoms with E-state index < -0.39 is 24.2 Å². The molecule has 19 heavy (non-hydrogen) atoms. The first-order valence-electron chi connectivity index (χ1n) is 6.82. The Balaban J connectivity index is 2.00. The molecular formula is C13H20F3NO2. The zero-order valence-corrected chi connectivity index (χ0v) is 10.9.